The Morgan fingerprint density at radius 2 is 2.17 bits per heavy atom. The lowest BCUT2D eigenvalue weighted by Crippen LogP contribution is -2.36. The summed E-state index contributed by atoms with van der Waals surface area (Å²) >= 11 is 0. The first-order chi connectivity index (χ1) is 11.1. The van der Waals surface area contributed by atoms with Crippen molar-refractivity contribution < 1.29 is 24.2 Å². The highest BCUT2D eigenvalue weighted by molar-refractivity contribution is 5.99. The van der Waals surface area contributed by atoms with Crippen molar-refractivity contribution in [3.63, 3.8) is 0 Å². The molecule has 1 aromatic rings. The molecular weight excluding hydrogens is 298 g/mol. The molecule has 23 heavy (non-hydrogen) atoms. The molecule has 1 aliphatic carbocycles. The van der Waals surface area contributed by atoms with Crippen LogP contribution in [0.15, 0.2) is 23.8 Å². The molecule has 1 amide bonds. The number of nitrogens with one attached hydrogen (secondary N) is 1. The Bertz CT molecular complexity index is 667. The van der Waals surface area contributed by atoms with Crippen LogP contribution in [0.25, 0.3) is 6.08 Å². The quantitative estimate of drug-likeness (QED) is 0.885. The van der Waals surface area contributed by atoms with E-state index in [-0.39, 0.29) is 24.5 Å². The average molecular weight is 317 g/mol. The van der Waals surface area contributed by atoms with E-state index in [2.05, 4.69) is 5.32 Å². The van der Waals surface area contributed by atoms with Gasteiger partial charge >= 0.3 is 5.97 Å². The lowest BCUT2D eigenvalue weighted by molar-refractivity contribution is -0.141. The van der Waals surface area contributed by atoms with Crippen molar-refractivity contribution in [3.05, 3.63) is 29.3 Å². The number of carbonyl (C=O) groups excluding carboxylic acids is 1. The molecule has 1 aromatic carbocycles. The first-order valence-corrected chi connectivity index (χ1v) is 7.62. The van der Waals surface area contributed by atoms with Gasteiger partial charge in [0.25, 0.3) is 5.91 Å². The summed E-state index contributed by atoms with van der Waals surface area (Å²) in [7, 11) is 1.59. The zero-order valence-electron chi connectivity index (χ0n) is 12.9. The number of carboxylic acids is 1. The summed E-state index contributed by atoms with van der Waals surface area (Å²) in [5.41, 5.74) is 1.33. The molecule has 0 bridgehead atoms. The topological polar surface area (TPSA) is 84.9 Å². The monoisotopic (exact) mass is 317 g/mol. The van der Waals surface area contributed by atoms with Gasteiger partial charge in [-0.05, 0) is 43.5 Å². The number of rotatable bonds is 4. The molecule has 2 N–H and O–H groups in total. The third-order valence-corrected chi connectivity index (χ3v) is 4.34. The Hall–Kier alpha value is -2.50. The first-order valence-electron chi connectivity index (χ1n) is 7.62. The number of methoxy groups -OCH3 is 1. The molecule has 1 fully saturated rings. The number of carbonyl (C=O) groups is 2. The molecule has 2 atom stereocenters. The van der Waals surface area contributed by atoms with Gasteiger partial charge in [-0.2, -0.15) is 0 Å². The van der Waals surface area contributed by atoms with Crippen LogP contribution >= 0.6 is 0 Å². The zero-order chi connectivity index (χ0) is 16.4. The van der Waals surface area contributed by atoms with Gasteiger partial charge in [-0.1, -0.05) is 0 Å². The fourth-order valence-electron chi connectivity index (χ4n) is 3.03. The van der Waals surface area contributed by atoms with Crippen LogP contribution in [0, 0.1) is 5.92 Å². The molecule has 1 heterocycles. The minimum atomic E-state index is -0.789. The maximum atomic E-state index is 12.4. The summed E-state index contributed by atoms with van der Waals surface area (Å²) in [6, 6.07) is 5.35. The van der Waals surface area contributed by atoms with Gasteiger partial charge in [0.05, 0.1) is 18.6 Å². The fraction of sp³-hybridized carbons (Fsp3) is 0.412. The van der Waals surface area contributed by atoms with Crippen molar-refractivity contribution in [3.8, 4) is 11.5 Å². The van der Waals surface area contributed by atoms with Crippen LogP contribution in [0.2, 0.25) is 0 Å². The van der Waals surface area contributed by atoms with E-state index in [1.807, 2.05) is 18.2 Å². The molecule has 6 heteroatoms. The summed E-state index contributed by atoms with van der Waals surface area (Å²) in [5.74, 6) is 0.0684. The van der Waals surface area contributed by atoms with Crippen LogP contribution in [0.5, 0.6) is 11.5 Å². The maximum Gasteiger partial charge on any atom is 0.306 e. The Labute approximate surface area is 134 Å². The Balaban J connectivity index is 1.68. The molecular formula is C17H19NO5. The Morgan fingerprint density at radius 1 is 1.35 bits per heavy atom. The molecule has 0 aromatic heterocycles. The second-order valence-electron chi connectivity index (χ2n) is 5.88. The van der Waals surface area contributed by atoms with E-state index in [4.69, 9.17) is 14.6 Å². The third kappa shape index (κ3) is 3.31. The van der Waals surface area contributed by atoms with Gasteiger partial charge in [0, 0.05) is 11.6 Å². The molecule has 6 nitrogen and oxygen atoms in total. The average Bonchev–Trinajstić information content (AvgIpc) is 3.02. The summed E-state index contributed by atoms with van der Waals surface area (Å²) in [6.07, 6.45) is 3.58. The summed E-state index contributed by atoms with van der Waals surface area (Å²) in [4.78, 5) is 23.3. The van der Waals surface area contributed by atoms with Gasteiger partial charge in [0.15, 0.2) is 0 Å². The Morgan fingerprint density at radius 3 is 2.87 bits per heavy atom. The summed E-state index contributed by atoms with van der Waals surface area (Å²) < 4.78 is 10.8. The van der Waals surface area contributed by atoms with E-state index in [1.54, 1.807) is 13.2 Å². The molecule has 0 saturated heterocycles. The minimum absolute atomic E-state index is 0.0868. The highest BCUT2D eigenvalue weighted by Gasteiger charge is 2.31. The second kappa shape index (κ2) is 6.32. The number of ether oxygens (including phenoxy) is 2. The number of carboxylic acid groups (broad SMARTS) is 1. The smallest absolute Gasteiger partial charge is 0.306 e. The van der Waals surface area contributed by atoms with E-state index in [0.29, 0.717) is 36.3 Å². The zero-order valence-corrected chi connectivity index (χ0v) is 12.9. The van der Waals surface area contributed by atoms with Crippen molar-refractivity contribution in [2.24, 2.45) is 5.92 Å². The van der Waals surface area contributed by atoms with E-state index < -0.39 is 5.97 Å². The standard InChI is InChI=1S/C17H19NO5/c1-22-14-4-5-15-11(8-14)6-12(9-23-15)16(19)18-13-3-2-10(7-13)17(20)21/h4-6,8,10,13H,2-3,7,9H2,1H3,(H,18,19)(H,20,21)/t10-,13+/m0/s1. The summed E-state index contributed by atoms with van der Waals surface area (Å²) in [5, 5.41) is 11.9. The lowest BCUT2D eigenvalue weighted by Gasteiger charge is -2.20. The van der Waals surface area contributed by atoms with Crippen molar-refractivity contribution in [1.29, 1.82) is 0 Å². The van der Waals surface area contributed by atoms with Gasteiger partial charge in [-0.15, -0.1) is 0 Å². The van der Waals surface area contributed by atoms with Crippen molar-refractivity contribution in [2.75, 3.05) is 13.7 Å². The third-order valence-electron chi connectivity index (χ3n) is 4.34. The van der Waals surface area contributed by atoms with Gasteiger partial charge < -0.3 is 19.9 Å². The molecule has 0 unspecified atom stereocenters. The van der Waals surface area contributed by atoms with Crippen molar-refractivity contribution in [1.82, 2.24) is 5.32 Å². The van der Waals surface area contributed by atoms with Crippen LogP contribution in [0.4, 0.5) is 0 Å². The molecule has 1 saturated carbocycles. The van der Waals surface area contributed by atoms with Crippen LogP contribution in [0.3, 0.4) is 0 Å². The normalized spacial score (nSPS) is 22.6. The minimum Gasteiger partial charge on any atom is -0.497 e. The van der Waals surface area contributed by atoms with Crippen LogP contribution in [-0.2, 0) is 9.59 Å². The van der Waals surface area contributed by atoms with Gasteiger partial charge in [-0.25, -0.2) is 0 Å². The number of amides is 1. The highest BCUT2D eigenvalue weighted by Crippen LogP contribution is 2.30. The Kier molecular flexibility index (Phi) is 4.23. The molecule has 0 radical (unpaired) electrons. The number of fused-ring (bicyclic) bond motifs is 1. The maximum absolute atomic E-state index is 12.4. The SMILES string of the molecule is COc1ccc2c(c1)C=C(C(=O)N[C@@H]1CC[C@H](C(=O)O)C1)CO2. The number of hydrogen-bond donors (Lipinski definition) is 2. The van der Waals surface area contributed by atoms with E-state index in [1.165, 1.54) is 0 Å². The first kappa shape index (κ1) is 15.4. The van der Waals surface area contributed by atoms with E-state index >= 15 is 0 Å². The fourth-order valence-corrected chi connectivity index (χ4v) is 3.03. The van der Waals surface area contributed by atoms with Gasteiger partial charge in [0.2, 0.25) is 0 Å². The lowest BCUT2D eigenvalue weighted by atomic mass is 10.1. The van der Waals surface area contributed by atoms with Crippen LogP contribution in [-0.4, -0.2) is 36.7 Å². The van der Waals surface area contributed by atoms with Crippen molar-refractivity contribution >= 4 is 18.0 Å². The second-order valence-corrected chi connectivity index (χ2v) is 5.88. The van der Waals surface area contributed by atoms with E-state index in [9.17, 15) is 9.59 Å². The van der Waals surface area contributed by atoms with Crippen LogP contribution < -0.4 is 14.8 Å². The summed E-state index contributed by atoms with van der Waals surface area (Å²) in [6.45, 7) is 0.209. The number of hydrogen-bond acceptors (Lipinski definition) is 4. The largest absolute Gasteiger partial charge is 0.497 e. The number of benzene rings is 1. The number of aliphatic carboxylic acids is 1. The van der Waals surface area contributed by atoms with Crippen LogP contribution in [0.1, 0.15) is 24.8 Å². The molecule has 122 valence electrons. The molecule has 1 aliphatic heterocycles. The molecule has 0 spiro atoms. The predicted molar refractivity (Wildman–Crippen MR) is 83.4 cm³/mol. The predicted octanol–water partition coefficient (Wildman–Crippen LogP) is 1.84. The van der Waals surface area contributed by atoms with E-state index in [0.717, 1.165) is 5.56 Å². The highest BCUT2D eigenvalue weighted by atomic mass is 16.5. The molecule has 3 rings (SSSR count). The van der Waals surface area contributed by atoms with Crippen molar-refractivity contribution in [2.45, 2.75) is 25.3 Å². The van der Waals surface area contributed by atoms with Gasteiger partial charge in [-0.3, -0.25) is 9.59 Å². The van der Waals surface area contributed by atoms with Gasteiger partial charge in [0.1, 0.15) is 18.1 Å². The molecule has 2 aliphatic rings.